The SMILES string of the molecule is COc1cccc(-c2scnc2[C@@H]2Cc3nc(N)nc(C)c3C(=O)N2)n1. The second kappa shape index (κ2) is 6.34. The molecule has 8 nitrogen and oxygen atoms in total. The number of rotatable bonds is 3. The highest BCUT2D eigenvalue weighted by Crippen LogP contribution is 2.34. The molecular formula is C17H16N6O2S. The van der Waals surface area contributed by atoms with Crippen molar-refractivity contribution in [3.05, 3.63) is 46.4 Å². The van der Waals surface area contributed by atoms with Crippen molar-refractivity contribution in [1.82, 2.24) is 25.3 Å². The zero-order valence-electron chi connectivity index (χ0n) is 14.2. The minimum absolute atomic E-state index is 0.169. The summed E-state index contributed by atoms with van der Waals surface area (Å²) in [5.41, 5.74) is 10.7. The largest absolute Gasteiger partial charge is 0.481 e. The molecule has 0 aliphatic carbocycles. The number of anilines is 1. The highest BCUT2D eigenvalue weighted by molar-refractivity contribution is 7.13. The molecule has 3 aromatic heterocycles. The molecule has 0 saturated carbocycles. The Balaban J connectivity index is 1.74. The first kappa shape index (κ1) is 16.4. The molecule has 0 aromatic carbocycles. The van der Waals surface area contributed by atoms with Gasteiger partial charge in [0.2, 0.25) is 11.8 Å². The number of nitrogens with two attached hydrogens (primary N) is 1. The van der Waals surface area contributed by atoms with Gasteiger partial charge in [-0.3, -0.25) is 4.79 Å². The van der Waals surface area contributed by atoms with Crippen LogP contribution in [-0.4, -0.2) is 33.0 Å². The molecule has 0 spiro atoms. The number of nitrogen functional groups attached to an aromatic ring is 1. The second-order valence-corrected chi connectivity index (χ2v) is 6.71. The number of fused-ring (bicyclic) bond motifs is 1. The molecule has 132 valence electrons. The van der Waals surface area contributed by atoms with Crippen LogP contribution in [0.3, 0.4) is 0 Å². The molecule has 3 N–H and O–H groups in total. The topological polar surface area (TPSA) is 116 Å². The monoisotopic (exact) mass is 368 g/mol. The number of hydrogen-bond donors (Lipinski definition) is 2. The minimum atomic E-state index is -0.307. The van der Waals surface area contributed by atoms with Gasteiger partial charge in [-0.05, 0) is 13.0 Å². The van der Waals surface area contributed by atoms with Crippen LogP contribution in [0.4, 0.5) is 5.95 Å². The van der Waals surface area contributed by atoms with Crippen LogP contribution in [-0.2, 0) is 6.42 Å². The maximum Gasteiger partial charge on any atom is 0.255 e. The highest BCUT2D eigenvalue weighted by Gasteiger charge is 2.31. The molecule has 1 atom stereocenters. The number of carbonyl (C=O) groups is 1. The van der Waals surface area contributed by atoms with Crippen LogP contribution in [0.2, 0.25) is 0 Å². The lowest BCUT2D eigenvalue weighted by atomic mass is 9.96. The summed E-state index contributed by atoms with van der Waals surface area (Å²) in [6.45, 7) is 1.76. The number of nitrogens with one attached hydrogen (secondary N) is 1. The number of nitrogens with zero attached hydrogens (tertiary/aromatic N) is 4. The lowest BCUT2D eigenvalue weighted by Gasteiger charge is -2.25. The van der Waals surface area contributed by atoms with E-state index in [9.17, 15) is 4.79 Å². The maximum absolute atomic E-state index is 12.6. The number of pyridine rings is 1. The molecule has 9 heteroatoms. The van der Waals surface area contributed by atoms with Crippen LogP contribution >= 0.6 is 11.3 Å². The van der Waals surface area contributed by atoms with Crippen LogP contribution < -0.4 is 15.8 Å². The van der Waals surface area contributed by atoms with E-state index in [1.54, 1.807) is 25.6 Å². The zero-order chi connectivity index (χ0) is 18.3. The quantitative estimate of drug-likeness (QED) is 0.725. The Morgan fingerprint density at radius 2 is 2.15 bits per heavy atom. The van der Waals surface area contributed by atoms with E-state index in [-0.39, 0.29) is 17.9 Å². The van der Waals surface area contributed by atoms with Gasteiger partial charge in [0.25, 0.3) is 5.91 Å². The molecule has 4 heterocycles. The first-order valence-corrected chi connectivity index (χ1v) is 8.83. The Morgan fingerprint density at radius 1 is 1.31 bits per heavy atom. The molecular weight excluding hydrogens is 352 g/mol. The third kappa shape index (κ3) is 2.76. The van der Waals surface area contributed by atoms with Gasteiger partial charge in [0.15, 0.2) is 0 Å². The number of aryl methyl sites for hydroxylation is 1. The molecule has 1 aliphatic rings. The summed E-state index contributed by atoms with van der Waals surface area (Å²) in [5, 5.41) is 3.00. The van der Waals surface area contributed by atoms with Gasteiger partial charge >= 0.3 is 0 Å². The molecule has 4 rings (SSSR count). The van der Waals surface area contributed by atoms with Crippen molar-refractivity contribution in [2.24, 2.45) is 0 Å². The van der Waals surface area contributed by atoms with Gasteiger partial charge in [-0.2, -0.15) is 0 Å². The van der Waals surface area contributed by atoms with Crippen molar-refractivity contribution in [3.63, 3.8) is 0 Å². The van der Waals surface area contributed by atoms with Crippen molar-refractivity contribution in [2.75, 3.05) is 12.8 Å². The minimum Gasteiger partial charge on any atom is -0.481 e. The number of ether oxygens (including phenoxy) is 1. The molecule has 0 radical (unpaired) electrons. The van der Waals surface area contributed by atoms with Gasteiger partial charge in [0.1, 0.15) is 0 Å². The number of amides is 1. The first-order valence-electron chi connectivity index (χ1n) is 7.95. The van der Waals surface area contributed by atoms with Crippen LogP contribution in [0, 0.1) is 6.92 Å². The van der Waals surface area contributed by atoms with Crippen LogP contribution in [0.5, 0.6) is 5.88 Å². The molecule has 3 aromatic rings. The third-order valence-corrected chi connectivity index (χ3v) is 5.07. The summed E-state index contributed by atoms with van der Waals surface area (Å²) >= 11 is 1.47. The van der Waals surface area contributed by atoms with E-state index >= 15 is 0 Å². The number of methoxy groups -OCH3 is 1. The molecule has 0 bridgehead atoms. The Labute approximate surface area is 153 Å². The van der Waals surface area contributed by atoms with E-state index < -0.39 is 0 Å². The highest BCUT2D eigenvalue weighted by atomic mass is 32.1. The maximum atomic E-state index is 12.6. The summed E-state index contributed by atoms with van der Waals surface area (Å²) in [4.78, 5) is 30.7. The Hall–Kier alpha value is -3.07. The zero-order valence-corrected chi connectivity index (χ0v) is 15.0. The van der Waals surface area contributed by atoms with Crippen molar-refractivity contribution >= 4 is 23.2 Å². The summed E-state index contributed by atoms with van der Waals surface area (Å²) in [6.07, 6.45) is 0.495. The molecule has 0 unspecified atom stereocenters. The Bertz CT molecular complexity index is 1000. The third-order valence-electron chi connectivity index (χ3n) is 4.20. The fourth-order valence-corrected chi connectivity index (χ4v) is 3.91. The summed E-state index contributed by atoms with van der Waals surface area (Å²) < 4.78 is 5.20. The van der Waals surface area contributed by atoms with Crippen molar-refractivity contribution < 1.29 is 9.53 Å². The van der Waals surface area contributed by atoms with Gasteiger partial charge in [-0.1, -0.05) is 6.07 Å². The normalized spacial score (nSPS) is 16.1. The second-order valence-electron chi connectivity index (χ2n) is 5.85. The Morgan fingerprint density at radius 3 is 2.96 bits per heavy atom. The fourth-order valence-electron chi connectivity index (χ4n) is 3.09. The van der Waals surface area contributed by atoms with Crippen molar-refractivity contribution in [1.29, 1.82) is 0 Å². The van der Waals surface area contributed by atoms with Crippen molar-refractivity contribution in [2.45, 2.75) is 19.4 Å². The van der Waals surface area contributed by atoms with Crippen molar-refractivity contribution in [3.8, 4) is 16.5 Å². The van der Waals surface area contributed by atoms with Gasteiger partial charge in [-0.15, -0.1) is 11.3 Å². The number of aromatic nitrogens is 4. The molecule has 0 fully saturated rings. The van der Waals surface area contributed by atoms with Gasteiger partial charge in [0, 0.05) is 12.5 Å². The first-order chi connectivity index (χ1) is 12.6. The smallest absolute Gasteiger partial charge is 0.255 e. The van der Waals surface area contributed by atoms with E-state index in [0.29, 0.717) is 29.3 Å². The molecule has 1 amide bonds. The van der Waals surface area contributed by atoms with Crippen LogP contribution in [0.1, 0.15) is 33.5 Å². The predicted octanol–water partition coefficient (Wildman–Crippen LogP) is 1.92. The fraction of sp³-hybridized carbons (Fsp3) is 0.235. The van der Waals surface area contributed by atoms with Gasteiger partial charge < -0.3 is 15.8 Å². The molecule has 1 aliphatic heterocycles. The summed E-state index contributed by atoms with van der Waals surface area (Å²) in [6, 6.07) is 5.24. The average molecular weight is 368 g/mol. The van der Waals surface area contributed by atoms with Crippen LogP contribution in [0.15, 0.2) is 23.7 Å². The average Bonchev–Trinajstić information content (AvgIpc) is 3.10. The van der Waals surface area contributed by atoms with Gasteiger partial charge in [0.05, 0.1) is 51.9 Å². The number of carbonyl (C=O) groups excluding carboxylic acids is 1. The lowest BCUT2D eigenvalue weighted by Crippen LogP contribution is -2.37. The van der Waals surface area contributed by atoms with E-state index in [1.165, 1.54) is 11.3 Å². The number of thiazole rings is 1. The van der Waals surface area contributed by atoms with Gasteiger partial charge in [-0.25, -0.2) is 19.9 Å². The van der Waals surface area contributed by atoms with E-state index in [1.807, 2.05) is 12.1 Å². The summed E-state index contributed by atoms with van der Waals surface area (Å²) in [5.74, 6) is 0.477. The van der Waals surface area contributed by atoms with Crippen LogP contribution in [0.25, 0.3) is 10.6 Å². The van der Waals surface area contributed by atoms with E-state index in [2.05, 4.69) is 25.3 Å². The van der Waals surface area contributed by atoms with E-state index in [0.717, 1.165) is 16.3 Å². The standard InChI is InChI=1S/C17H16N6O2S/c1-8-13-10(23-17(18)20-8)6-11(22-16(13)24)14-15(26-7-19-14)9-4-3-5-12(21-9)25-2/h3-5,7,11H,6H2,1-2H3,(H,22,24)(H2,18,20,23)/t11-/m0/s1. The molecule has 0 saturated heterocycles. The molecule has 26 heavy (non-hydrogen) atoms. The predicted molar refractivity (Wildman–Crippen MR) is 97.0 cm³/mol. The summed E-state index contributed by atoms with van der Waals surface area (Å²) in [7, 11) is 1.57. The lowest BCUT2D eigenvalue weighted by molar-refractivity contribution is 0.0921. The Kier molecular flexibility index (Phi) is 4.00. The number of hydrogen-bond acceptors (Lipinski definition) is 8. The van der Waals surface area contributed by atoms with E-state index in [4.69, 9.17) is 10.5 Å².